The highest BCUT2D eigenvalue weighted by Crippen LogP contribution is 2.05. The Balaban J connectivity index is 2.36. The molecule has 0 aromatic heterocycles. The smallest absolute Gasteiger partial charge is 0.320 e. The van der Waals surface area contributed by atoms with Crippen LogP contribution in [0.3, 0.4) is 0 Å². The molecule has 0 aliphatic carbocycles. The Morgan fingerprint density at radius 3 is 2.40 bits per heavy atom. The second-order valence-corrected chi connectivity index (χ2v) is 6.35. The average molecular weight is 310 g/mol. The van der Waals surface area contributed by atoms with E-state index in [4.69, 9.17) is 15.9 Å². The van der Waals surface area contributed by atoms with Gasteiger partial charge in [0.05, 0.1) is 6.61 Å². The summed E-state index contributed by atoms with van der Waals surface area (Å²) in [5.74, 6) is -1.15. The SMILES string of the molecule is NC(CCNS(=O)(=O)N1CCN(CCO)CC1)C(=O)O. The lowest BCUT2D eigenvalue weighted by atomic mass is 10.2. The van der Waals surface area contributed by atoms with Crippen LogP contribution < -0.4 is 10.5 Å². The quantitative estimate of drug-likeness (QED) is 0.381. The van der Waals surface area contributed by atoms with Gasteiger partial charge in [-0.2, -0.15) is 12.7 Å². The van der Waals surface area contributed by atoms with Crippen LogP contribution in [0.4, 0.5) is 0 Å². The standard InChI is InChI=1S/C10H22N4O5S/c11-9(10(16)17)1-2-12-20(18,19)14-5-3-13(4-6-14)7-8-15/h9,12,15H,1-8,11H2,(H,16,17). The van der Waals surface area contributed by atoms with Crippen molar-refractivity contribution in [2.24, 2.45) is 5.73 Å². The van der Waals surface area contributed by atoms with Crippen molar-refractivity contribution >= 4 is 16.2 Å². The summed E-state index contributed by atoms with van der Waals surface area (Å²) in [6, 6.07) is -1.07. The Labute approximate surface area is 118 Å². The van der Waals surface area contributed by atoms with Gasteiger partial charge < -0.3 is 15.9 Å². The summed E-state index contributed by atoms with van der Waals surface area (Å²) in [4.78, 5) is 12.5. The van der Waals surface area contributed by atoms with Crippen LogP contribution in [-0.2, 0) is 15.0 Å². The third kappa shape index (κ3) is 5.31. The molecule has 1 rings (SSSR count). The molecule has 1 aliphatic rings. The fourth-order valence-corrected chi connectivity index (χ4v) is 3.10. The maximum atomic E-state index is 12.0. The number of carboxylic acids is 1. The van der Waals surface area contributed by atoms with E-state index in [9.17, 15) is 13.2 Å². The van der Waals surface area contributed by atoms with Crippen LogP contribution in [0.5, 0.6) is 0 Å². The predicted octanol–water partition coefficient (Wildman–Crippen LogP) is -2.77. The largest absolute Gasteiger partial charge is 0.480 e. The Kier molecular flexibility index (Phi) is 6.79. The highest BCUT2D eigenvalue weighted by Gasteiger charge is 2.26. The average Bonchev–Trinajstić information content (AvgIpc) is 2.39. The molecule has 1 fully saturated rings. The van der Waals surface area contributed by atoms with Crippen LogP contribution in [0.15, 0.2) is 0 Å². The van der Waals surface area contributed by atoms with Crippen molar-refractivity contribution in [1.82, 2.24) is 13.9 Å². The van der Waals surface area contributed by atoms with Crippen molar-refractivity contribution in [3.05, 3.63) is 0 Å². The number of nitrogens with zero attached hydrogens (tertiary/aromatic N) is 2. The number of hydrogen-bond acceptors (Lipinski definition) is 6. The molecule has 20 heavy (non-hydrogen) atoms. The third-order valence-corrected chi connectivity index (χ3v) is 4.76. The number of nitrogens with one attached hydrogen (secondary N) is 1. The monoisotopic (exact) mass is 310 g/mol. The van der Waals surface area contributed by atoms with Gasteiger partial charge in [-0.1, -0.05) is 0 Å². The van der Waals surface area contributed by atoms with Crippen LogP contribution in [0.2, 0.25) is 0 Å². The molecule has 0 bridgehead atoms. The van der Waals surface area contributed by atoms with Crippen LogP contribution in [0.1, 0.15) is 6.42 Å². The van der Waals surface area contributed by atoms with E-state index in [0.717, 1.165) is 0 Å². The number of carbonyl (C=O) groups is 1. The minimum atomic E-state index is -3.60. The Hall–Kier alpha value is -0.780. The molecule has 0 saturated carbocycles. The molecule has 0 radical (unpaired) electrons. The van der Waals surface area contributed by atoms with Gasteiger partial charge in [0.1, 0.15) is 6.04 Å². The van der Waals surface area contributed by atoms with Crippen LogP contribution in [0.25, 0.3) is 0 Å². The zero-order valence-corrected chi connectivity index (χ0v) is 12.0. The first-order chi connectivity index (χ1) is 9.36. The van der Waals surface area contributed by atoms with E-state index in [1.54, 1.807) is 0 Å². The maximum Gasteiger partial charge on any atom is 0.320 e. The van der Waals surface area contributed by atoms with Gasteiger partial charge in [0, 0.05) is 39.3 Å². The second-order valence-electron chi connectivity index (χ2n) is 4.60. The van der Waals surface area contributed by atoms with Gasteiger partial charge in [-0.3, -0.25) is 9.69 Å². The molecule has 1 unspecified atom stereocenters. The third-order valence-electron chi connectivity index (χ3n) is 3.14. The van der Waals surface area contributed by atoms with Crippen LogP contribution in [0, 0.1) is 0 Å². The molecule has 1 heterocycles. The minimum absolute atomic E-state index is 0.00729. The van der Waals surface area contributed by atoms with E-state index in [2.05, 4.69) is 4.72 Å². The number of aliphatic hydroxyl groups excluding tert-OH is 1. The van der Waals surface area contributed by atoms with Crippen molar-refractivity contribution in [3.8, 4) is 0 Å². The van der Waals surface area contributed by atoms with Crippen molar-refractivity contribution in [2.75, 3.05) is 45.9 Å². The van der Waals surface area contributed by atoms with Gasteiger partial charge in [-0.15, -0.1) is 0 Å². The van der Waals surface area contributed by atoms with E-state index in [-0.39, 0.29) is 19.6 Å². The molecule has 118 valence electrons. The molecule has 0 spiro atoms. The van der Waals surface area contributed by atoms with Gasteiger partial charge in [-0.05, 0) is 6.42 Å². The van der Waals surface area contributed by atoms with Gasteiger partial charge in [-0.25, -0.2) is 4.72 Å². The Bertz CT molecular complexity index is 408. The summed E-state index contributed by atoms with van der Waals surface area (Å²) < 4.78 is 27.6. The minimum Gasteiger partial charge on any atom is -0.480 e. The van der Waals surface area contributed by atoms with Crippen LogP contribution in [-0.4, -0.2) is 85.7 Å². The number of β-amino-alcohol motifs (C(OH)–C–C–N with tert-alkyl or cyclic N) is 1. The number of aliphatic carboxylic acids is 1. The molecule has 1 aliphatic heterocycles. The molecule has 1 saturated heterocycles. The van der Waals surface area contributed by atoms with E-state index in [1.807, 2.05) is 4.90 Å². The highest BCUT2D eigenvalue weighted by atomic mass is 32.2. The first kappa shape index (κ1) is 17.3. The number of aliphatic hydroxyl groups is 1. The number of rotatable bonds is 8. The Morgan fingerprint density at radius 2 is 1.90 bits per heavy atom. The van der Waals surface area contributed by atoms with Gasteiger partial charge in [0.2, 0.25) is 0 Å². The molecule has 10 heteroatoms. The van der Waals surface area contributed by atoms with E-state index >= 15 is 0 Å². The first-order valence-electron chi connectivity index (χ1n) is 6.43. The first-order valence-corrected chi connectivity index (χ1v) is 7.87. The van der Waals surface area contributed by atoms with Crippen molar-refractivity contribution in [3.63, 3.8) is 0 Å². The molecule has 0 aromatic carbocycles. The fraction of sp³-hybridized carbons (Fsp3) is 0.900. The molecular weight excluding hydrogens is 288 g/mol. The summed E-state index contributed by atoms with van der Waals surface area (Å²) in [6.07, 6.45) is 0.0407. The summed E-state index contributed by atoms with van der Waals surface area (Å²) >= 11 is 0. The number of hydrogen-bond donors (Lipinski definition) is 4. The zero-order chi connectivity index (χ0) is 15.2. The Morgan fingerprint density at radius 1 is 1.30 bits per heavy atom. The molecular formula is C10H22N4O5S. The van der Waals surface area contributed by atoms with Gasteiger partial charge in [0.15, 0.2) is 0 Å². The topological polar surface area (TPSA) is 136 Å². The van der Waals surface area contributed by atoms with Gasteiger partial charge >= 0.3 is 5.97 Å². The van der Waals surface area contributed by atoms with Crippen molar-refractivity contribution in [2.45, 2.75) is 12.5 Å². The normalized spacial score (nSPS) is 19.9. The van der Waals surface area contributed by atoms with Gasteiger partial charge in [0.25, 0.3) is 10.2 Å². The van der Waals surface area contributed by atoms with Crippen LogP contribution >= 0.6 is 0 Å². The number of carboxylic acid groups (broad SMARTS) is 1. The molecule has 5 N–H and O–H groups in total. The lowest BCUT2D eigenvalue weighted by molar-refractivity contribution is -0.138. The van der Waals surface area contributed by atoms with E-state index in [0.29, 0.717) is 32.7 Å². The molecule has 0 amide bonds. The van der Waals surface area contributed by atoms with E-state index < -0.39 is 22.2 Å². The second kappa shape index (κ2) is 7.86. The lowest BCUT2D eigenvalue weighted by Crippen LogP contribution is -2.52. The summed E-state index contributed by atoms with van der Waals surface area (Å²) in [5.41, 5.74) is 5.30. The fourth-order valence-electron chi connectivity index (χ4n) is 1.89. The number of nitrogens with two attached hydrogens (primary N) is 1. The van der Waals surface area contributed by atoms with Crippen molar-refractivity contribution < 1.29 is 23.4 Å². The zero-order valence-electron chi connectivity index (χ0n) is 11.2. The summed E-state index contributed by atoms with van der Waals surface area (Å²) in [6.45, 7) is 2.41. The molecule has 1 atom stereocenters. The van der Waals surface area contributed by atoms with E-state index in [1.165, 1.54) is 4.31 Å². The molecule has 9 nitrogen and oxygen atoms in total. The van der Waals surface area contributed by atoms with Crippen molar-refractivity contribution in [1.29, 1.82) is 0 Å². The predicted molar refractivity (Wildman–Crippen MR) is 72.2 cm³/mol. The maximum absolute atomic E-state index is 12.0. The molecule has 0 aromatic rings. The lowest BCUT2D eigenvalue weighted by Gasteiger charge is -2.33. The number of piperazine rings is 1. The highest BCUT2D eigenvalue weighted by molar-refractivity contribution is 7.87. The summed E-state index contributed by atoms with van der Waals surface area (Å²) in [7, 11) is -3.60. The summed E-state index contributed by atoms with van der Waals surface area (Å²) in [5, 5.41) is 17.4.